The van der Waals surface area contributed by atoms with Gasteiger partial charge in [-0.05, 0) is 42.0 Å². The van der Waals surface area contributed by atoms with Crippen LogP contribution in [0.5, 0.6) is 0 Å². The number of hydrogen-bond donors (Lipinski definition) is 0. The first-order chi connectivity index (χ1) is 12.6. The molecule has 0 fully saturated rings. The van der Waals surface area contributed by atoms with E-state index in [-0.39, 0.29) is 11.4 Å². The van der Waals surface area contributed by atoms with Crippen LogP contribution in [0.3, 0.4) is 0 Å². The van der Waals surface area contributed by atoms with Crippen LogP contribution in [0, 0.1) is 5.82 Å². The second-order valence-corrected chi connectivity index (χ2v) is 8.29. The van der Waals surface area contributed by atoms with Gasteiger partial charge in [0.15, 0.2) is 5.16 Å². The molecule has 2 heterocycles. The molecule has 0 atom stereocenters. The van der Waals surface area contributed by atoms with Gasteiger partial charge < -0.3 is 0 Å². The zero-order valence-electron chi connectivity index (χ0n) is 13.6. The molecule has 0 N–H and O–H groups in total. The fourth-order valence-corrected chi connectivity index (χ4v) is 4.90. The molecule has 0 radical (unpaired) electrons. The molecular formula is C19H14ClFN2OS2. The van der Waals surface area contributed by atoms with E-state index in [1.165, 1.54) is 23.9 Å². The van der Waals surface area contributed by atoms with Crippen LogP contribution in [0.25, 0.3) is 5.69 Å². The van der Waals surface area contributed by atoms with Crippen LogP contribution < -0.4 is 5.56 Å². The minimum Gasteiger partial charge on any atom is -0.268 e. The molecule has 0 aliphatic carbocycles. The Hall–Kier alpha value is -1.76. The first-order valence-corrected chi connectivity index (χ1v) is 10.4. The molecule has 0 spiro atoms. The number of aryl methyl sites for hydroxylation is 1. The molecule has 132 valence electrons. The molecule has 0 unspecified atom stereocenters. The summed E-state index contributed by atoms with van der Waals surface area (Å²) in [4.78, 5) is 18.5. The lowest BCUT2D eigenvalue weighted by Gasteiger charge is -2.14. The van der Waals surface area contributed by atoms with Crippen LogP contribution in [-0.4, -0.2) is 15.3 Å². The summed E-state index contributed by atoms with van der Waals surface area (Å²) in [6.45, 7) is 0. The van der Waals surface area contributed by atoms with E-state index in [4.69, 9.17) is 16.6 Å². The number of benzene rings is 2. The largest absolute Gasteiger partial charge is 0.272 e. The van der Waals surface area contributed by atoms with Crippen molar-refractivity contribution < 1.29 is 4.39 Å². The number of halogens is 2. The fraction of sp³-hybridized carbons (Fsp3) is 0.158. The summed E-state index contributed by atoms with van der Waals surface area (Å²) in [5.41, 5.74) is 2.37. The highest BCUT2D eigenvalue weighted by molar-refractivity contribution is 7.99. The quantitative estimate of drug-likeness (QED) is 0.454. The van der Waals surface area contributed by atoms with E-state index >= 15 is 0 Å². The molecule has 3 nitrogen and oxygen atoms in total. The van der Waals surface area contributed by atoms with Crippen LogP contribution in [0.1, 0.15) is 11.3 Å². The third kappa shape index (κ3) is 3.54. The predicted molar refractivity (Wildman–Crippen MR) is 105 cm³/mol. The molecule has 1 aromatic heterocycles. The van der Waals surface area contributed by atoms with Gasteiger partial charge >= 0.3 is 0 Å². The van der Waals surface area contributed by atoms with Crippen molar-refractivity contribution in [3.05, 3.63) is 81.0 Å². The highest BCUT2D eigenvalue weighted by atomic mass is 35.5. The van der Waals surface area contributed by atoms with Gasteiger partial charge in [-0.15, -0.1) is 11.8 Å². The number of aromatic nitrogens is 2. The maximum Gasteiger partial charge on any atom is 0.272 e. The first-order valence-electron chi connectivity index (χ1n) is 8.04. The summed E-state index contributed by atoms with van der Waals surface area (Å²) < 4.78 is 15.0. The Morgan fingerprint density at radius 2 is 2.04 bits per heavy atom. The second-order valence-electron chi connectivity index (χ2n) is 5.80. The van der Waals surface area contributed by atoms with Gasteiger partial charge in [0, 0.05) is 22.9 Å². The Morgan fingerprint density at radius 1 is 1.23 bits per heavy atom. The number of hydrogen-bond acceptors (Lipinski definition) is 4. The Kier molecular flexibility index (Phi) is 5.07. The summed E-state index contributed by atoms with van der Waals surface area (Å²) in [6, 6.07) is 13.6. The molecule has 1 aliphatic rings. The van der Waals surface area contributed by atoms with E-state index in [1.54, 1.807) is 34.5 Å². The number of fused-ring (bicyclic) bond motifs is 1. The summed E-state index contributed by atoms with van der Waals surface area (Å²) in [5.74, 6) is 1.14. The van der Waals surface area contributed by atoms with Crippen molar-refractivity contribution in [1.29, 1.82) is 0 Å². The minimum absolute atomic E-state index is 0.0541. The van der Waals surface area contributed by atoms with Crippen LogP contribution in [0.4, 0.5) is 4.39 Å². The third-order valence-corrected chi connectivity index (χ3v) is 6.38. The summed E-state index contributed by atoms with van der Waals surface area (Å²) in [6.07, 6.45) is 0.796. The average molecular weight is 405 g/mol. The van der Waals surface area contributed by atoms with Gasteiger partial charge in [0.25, 0.3) is 5.56 Å². The van der Waals surface area contributed by atoms with Gasteiger partial charge in [-0.2, -0.15) is 0 Å². The smallest absolute Gasteiger partial charge is 0.268 e. The van der Waals surface area contributed by atoms with E-state index in [2.05, 4.69) is 0 Å². The maximum atomic E-state index is 13.4. The van der Waals surface area contributed by atoms with Gasteiger partial charge in [0.1, 0.15) is 5.82 Å². The average Bonchev–Trinajstić information content (AvgIpc) is 3.10. The van der Waals surface area contributed by atoms with Gasteiger partial charge in [-0.25, -0.2) is 9.37 Å². The third-order valence-electron chi connectivity index (χ3n) is 4.01. The molecule has 0 amide bonds. The SMILES string of the molecule is O=c1c2c(nc(SCc3cccc(F)c3)n1-c1ccc(Cl)cc1)CCS2. The van der Waals surface area contributed by atoms with Gasteiger partial charge in [-0.3, -0.25) is 9.36 Å². The van der Waals surface area contributed by atoms with Crippen LogP contribution in [-0.2, 0) is 12.2 Å². The van der Waals surface area contributed by atoms with Gasteiger partial charge in [0.2, 0.25) is 0 Å². The van der Waals surface area contributed by atoms with Crippen molar-refractivity contribution >= 4 is 35.1 Å². The van der Waals surface area contributed by atoms with Crippen molar-refractivity contribution in [2.75, 3.05) is 5.75 Å². The summed E-state index contributed by atoms with van der Waals surface area (Å²) in [7, 11) is 0. The molecule has 3 aromatic rings. The summed E-state index contributed by atoms with van der Waals surface area (Å²) >= 11 is 8.96. The highest BCUT2D eigenvalue weighted by Crippen LogP contribution is 2.31. The zero-order valence-corrected chi connectivity index (χ0v) is 16.0. The second kappa shape index (κ2) is 7.47. The lowest BCUT2D eigenvalue weighted by Crippen LogP contribution is -2.23. The first kappa shape index (κ1) is 17.6. The molecule has 0 saturated heterocycles. The van der Waals surface area contributed by atoms with Crippen LogP contribution in [0.2, 0.25) is 5.02 Å². The molecule has 0 saturated carbocycles. The summed E-state index contributed by atoms with van der Waals surface area (Å²) in [5, 5.41) is 1.22. The molecular weight excluding hydrogens is 391 g/mol. The van der Waals surface area contributed by atoms with Crippen molar-refractivity contribution in [3.8, 4) is 5.69 Å². The molecule has 4 rings (SSSR count). The number of rotatable bonds is 4. The standard InChI is InChI=1S/C19H14ClFN2OS2/c20-13-4-6-15(7-5-13)23-18(24)17-16(8-9-25-17)22-19(23)26-11-12-2-1-3-14(21)10-12/h1-7,10H,8-9,11H2. The van der Waals surface area contributed by atoms with Crippen molar-refractivity contribution in [2.24, 2.45) is 0 Å². The Labute approximate surface area is 163 Å². The van der Waals surface area contributed by atoms with Crippen LogP contribution >= 0.6 is 35.1 Å². The van der Waals surface area contributed by atoms with E-state index < -0.39 is 0 Å². The minimum atomic E-state index is -0.267. The number of thioether (sulfide) groups is 2. The van der Waals surface area contributed by atoms with Crippen molar-refractivity contribution in [3.63, 3.8) is 0 Å². The van der Waals surface area contributed by atoms with E-state index in [0.29, 0.717) is 15.9 Å². The topological polar surface area (TPSA) is 34.9 Å². The van der Waals surface area contributed by atoms with Gasteiger partial charge in [-0.1, -0.05) is 35.5 Å². The van der Waals surface area contributed by atoms with E-state index in [0.717, 1.165) is 34.0 Å². The molecule has 26 heavy (non-hydrogen) atoms. The normalized spacial score (nSPS) is 13.0. The molecule has 2 aromatic carbocycles. The van der Waals surface area contributed by atoms with Crippen molar-refractivity contribution in [1.82, 2.24) is 9.55 Å². The predicted octanol–water partition coefficient (Wildman–Crippen LogP) is 4.97. The Balaban J connectivity index is 1.76. The van der Waals surface area contributed by atoms with Gasteiger partial charge in [0.05, 0.1) is 16.3 Å². The van der Waals surface area contributed by atoms with Crippen LogP contribution in [0.15, 0.2) is 63.4 Å². The fourth-order valence-electron chi connectivity index (χ4n) is 2.78. The number of nitrogens with zero attached hydrogens (tertiary/aromatic N) is 2. The molecule has 7 heteroatoms. The molecule has 0 bridgehead atoms. The van der Waals surface area contributed by atoms with Crippen molar-refractivity contribution in [2.45, 2.75) is 22.2 Å². The zero-order chi connectivity index (χ0) is 18.1. The lowest BCUT2D eigenvalue weighted by atomic mass is 10.2. The lowest BCUT2D eigenvalue weighted by molar-refractivity contribution is 0.626. The Bertz CT molecular complexity index is 1020. The van der Waals surface area contributed by atoms with E-state index in [9.17, 15) is 9.18 Å². The monoisotopic (exact) mass is 404 g/mol. The molecule has 1 aliphatic heterocycles. The van der Waals surface area contributed by atoms with E-state index in [1.807, 2.05) is 18.2 Å². The maximum absolute atomic E-state index is 13.4. The highest BCUT2D eigenvalue weighted by Gasteiger charge is 2.22. The Morgan fingerprint density at radius 3 is 2.81 bits per heavy atom.